The number of aromatic nitrogens is 2. The molecule has 0 radical (unpaired) electrons. The van der Waals surface area contributed by atoms with Gasteiger partial charge in [-0.05, 0) is 63.5 Å². The van der Waals surface area contributed by atoms with Crippen molar-refractivity contribution in [2.45, 2.75) is 94.1 Å². The van der Waals surface area contributed by atoms with Gasteiger partial charge in [0.25, 0.3) is 6.01 Å². The Labute approximate surface area is 245 Å². The van der Waals surface area contributed by atoms with Crippen LogP contribution in [0.2, 0.25) is 0 Å². The number of hydrogen-bond donors (Lipinski definition) is 3. The molecule has 42 heavy (non-hydrogen) atoms. The lowest BCUT2D eigenvalue weighted by Crippen LogP contribution is -2.50. The number of allylic oxidation sites excluding steroid dienone is 2. The fourth-order valence-corrected chi connectivity index (χ4v) is 7.66. The third-order valence-electron chi connectivity index (χ3n) is 9.54. The molecule has 2 aliphatic heterocycles. The van der Waals surface area contributed by atoms with Gasteiger partial charge in [0.05, 0.1) is 39.8 Å². The molecule has 12 heteroatoms. The molecule has 11 nitrogen and oxygen atoms in total. The zero-order chi connectivity index (χ0) is 29.7. The number of ether oxygens (including phenoxy) is 1. The van der Waals surface area contributed by atoms with Crippen molar-refractivity contribution < 1.29 is 27.5 Å². The summed E-state index contributed by atoms with van der Waals surface area (Å²) in [7, 11) is -3.86. The van der Waals surface area contributed by atoms with Gasteiger partial charge >= 0.3 is 0 Å². The van der Waals surface area contributed by atoms with Crippen LogP contribution in [0.25, 0.3) is 11.0 Å². The fourth-order valence-electron chi connectivity index (χ4n) is 6.33. The molecule has 3 fully saturated rings. The highest BCUT2D eigenvalue weighted by Crippen LogP contribution is 2.57. The molecule has 0 spiro atoms. The second-order valence-electron chi connectivity index (χ2n) is 12.7. The summed E-state index contributed by atoms with van der Waals surface area (Å²) in [6.45, 7) is 1.79. The van der Waals surface area contributed by atoms with E-state index in [1.165, 1.54) is 4.90 Å². The van der Waals surface area contributed by atoms with E-state index in [4.69, 9.17) is 10.5 Å². The van der Waals surface area contributed by atoms with Crippen molar-refractivity contribution >= 4 is 38.7 Å². The number of sulfonamides is 1. The molecule has 1 aromatic carbocycles. The van der Waals surface area contributed by atoms with Crippen molar-refractivity contribution in [3.8, 4) is 6.01 Å². The molecule has 6 rings (SSSR count). The van der Waals surface area contributed by atoms with Crippen LogP contribution in [-0.2, 0) is 24.4 Å². The lowest BCUT2D eigenvalue weighted by Gasteiger charge is -2.27. The van der Waals surface area contributed by atoms with Crippen molar-refractivity contribution in [2.24, 2.45) is 17.1 Å². The minimum atomic E-state index is -3.86. The van der Waals surface area contributed by atoms with Crippen LogP contribution in [0.4, 0.5) is 0 Å². The van der Waals surface area contributed by atoms with Crippen LogP contribution >= 0.6 is 0 Å². The molecular formula is C30H39N5O6S. The van der Waals surface area contributed by atoms with Gasteiger partial charge in [-0.15, -0.1) is 0 Å². The summed E-state index contributed by atoms with van der Waals surface area (Å²) in [4.78, 5) is 50.2. The number of ketones is 1. The Morgan fingerprint density at radius 3 is 2.74 bits per heavy atom. The summed E-state index contributed by atoms with van der Waals surface area (Å²) in [6, 6.07) is 6.22. The lowest BCUT2D eigenvalue weighted by atomic mass is 9.91. The highest BCUT2D eigenvalue weighted by molar-refractivity contribution is 7.91. The van der Waals surface area contributed by atoms with Crippen molar-refractivity contribution in [2.75, 3.05) is 6.54 Å². The van der Waals surface area contributed by atoms with Crippen LogP contribution in [0.1, 0.15) is 71.1 Å². The molecule has 0 unspecified atom stereocenters. The number of Topliss-reactive ketones (excluding diaryl/α,β-unsaturated/α-hetero) is 1. The SMILES string of the molecule is CC1(S(=O)(=O)NC(=O)[C@]23CC(=O)[C@@H]4C[C@@H](Oc5nc6ccccc6[nH]5)CN4C(=O)[C@@H](N)CCCCC/C=C\[C@@H]2C3)CC1. The zero-order valence-electron chi connectivity index (χ0n) is 23.9. The number of amides is 2. The topological polar surface area (TPSA) is 165 Å². The third kappa shape index (κ3) is 5.46. The van der Waals surface area contributed by atoms with Crippen LogP contribution in [0.5, 0.6) is 6.01 Å². The molecule has 2 aliphatic carbocycles. The van der Waals surface area contributed by atoms with Crippen LogP contribution in [0.15, 0.2) is 36.4 Å². The Balaban J connectivity index is 1.25. The predicted molar refractivity (Wildman–Crippen MR) is 156 cm³/mol. The van der Waals surface area contributed by atoms with Gasteiger partial charge in [0, 0.05) is 12.8 Å². The number of H-pyrrole nitrogens is 1. The number of benzene rings is 1. The predicted octanol–water partition coefficient (Wildman–Crippen LogP) is 2.72. The van der Waals surface area contributed by atoms with E-state index in [0.29, 0.717) is 31.7 Å². The summed E-state index contributed by atoms with van der Waals surface area (Å²) in [6.07, 6.45) is 8.82. The summed E-state index contributed by atoms with van der Waals surface area (Å²) >= 11 is 0. The number of nitrogens with one attached hydrogen (secondary N) is 2. The minimum Gasteiger partial charge on any atom is -0.459 e. The second kappa shape index (κ2) is 10.8. The number of aromatic amines is 1. The van der Waals surface area contributed by atoms with Crippen molar-refractivity contribution in [3.05, 3.63) is 36.4 Å². The van der Waals surface area contributed by atoms with E-state index in [9.17, 15) is 22.8 Å². The standard InChI is InChI=1S/C30H39N5O6S/c1-29(13-14-29)42(39,40)34-27(38)30-16-19(30)9-5-3-2-4-6-10-21(31)26(37)35-18-20(15-24(35)25(36)17-30)41-28-32-22-11-7-8-12-23(22)33-28/h5,7-9,11-12,19-21,24H,2-4,6,10,13-18,31H2,1H3,(H,32,33)(H,34,38)/b9-5-/t19-,20-,21+,24+,30-/m1/s1. The Morgan fingerprint density at radius 1 is 1.19 bits per heavy atom. The maximum absolute atomic E-state index is 14.0. The molecule has 1 aromatic heterocycles. The smallest absolute Gasteiger partial charge is 0.294 e. The van der Waals surface area contributed by atoms with Crippen LogP contribution in [-0.4, -0.2) is 70.4 Å². The first kappa shape index (κ1) is 28.9. The Kier molecular flexibility index (Phi) is 7.41. The Bertz CT molecular complexity index is 1500. The van der Waals surface area contributed by atoms with E-state index in [2.05, 4.69) is 14.7 Å². The number of fused-ring (bicyclic) bond motifs is 3. The van der Waals surface area contributed by atoms with Crippen LogP contribution in [0, 0.1) is 11.3 Å². The minimum absolute atomic E-state index is 0.162. The largest absolute Gasteiger partial charge is 0.459 e. The zero-order valence-corrected chi connectivity index (χ0v) is 24.7. The van der Waals surface area contributed by atoms with Crippen LogP contribution in [0.3, 0.4) is 0 Å². The number of para-hydroxylation sites is 2. The summed E-state index contributed by atoms with van der Waals surface area (Å²) in [5.41, 5.74) is 6.71. The summed E-state index contributed by atoms with van der Waals surface area (Å²) in [5, 5.41) is 0. The average Bonchev–Trinajstić information content (AvgIpc) is 3.76. The molecule has 226 valence electrons. The van der Waals surface area contributed by atoms with Gasteiger partial charge < -0.3 is 20.4 Å². The van der Waals surface area contributed by atoms with E-state index in [1.807, 2.05) is 36.4 Å². The van der Waals surface area contributed by atoms with E-state index < -0.39 is 44.3 Å². The van der Waals surface area contributed by atoms with E-state index >= 15 is 0 Å². The third-order valence-corrected chi connectivity index (χ3v) is 11.7. The van der Waals surface area contributed by atoms with Gasteiger partial charge in [0.1, 0.15) is 6.10 Å². The number of nitrogens with two attached hydrogens (primary N) is 1. The lowest BCUT2D eigenvalue weighted by molar-refractivity contribution is -0.140. The molecule has 2 amide bonds. The summed E-state index contributed by atoms with van der Waals surface area (Å²) < 4.78 is 33.3. The molecule has 4 aliphatic rings. The molecular weight excluding hydrogens is 558 g/mol. The maximum Gasteiger partial charge on any atom is 0.294 e. The maximum atomic E-state index is 14.0. The summed E-state index contributed by atoms with van der Waals surface area (Å²) in [5.74, 6) is -1.48. The van der Waals surface area contributed by atoms with Gasteiger partial charge in [-0.1, -0.05) is 37.1 Å². The Morgan fingerprint density at radius 2 is 1.98 bits per heavy atom. The van der Waals surface area contributed by atoms with Crippen molar-refractivity contribution in [1.29, 1.82) is 0 Å². The van der Waals surface area contributed by atoms with Gasteiger partial charge in [0.15, 0.2) is 5.78 Å². The number of nitrogens with zero attached hydrogens (tertiary/aromatic N) is 2. The van der Waals surface area contributed by atoms with Gasteiger partial charge in [0.2, 0.25) is 21.8 Å². The van der Waals surface area contributed by atoms with Crippen molar-refractivity contribution in [1.82, 2.24) is 19.6 Å². The highest BCUT2D eigenvalue weighted by atomic mass is 32.2. The van der Waals surface area contributed by atoms with Gasteiger partial charge in [-0.25, -0.2) is 8.42 Å². The monoisotopic (exact) mass is 597 g/mol. The molecule has 5 atom stereocenters. The van der Waals surface area contributed by atoms with Crippen LogP contribution < -0.4 is 15.2 Å². The average molecular weight is 598 g/mol. The Hall–Kier alpha value is -3.25. The quantitative estimate of drug-likeness (QED) is 0.443. The molecule has 3 heterocycles. The highest BCUT2D eigenvalue weighted by Gasteiger charge is 2.62. The van der Waals surface area contributed by atoms with Gasteiger partial charge in [-0.3, -0.25) is 19.1 Å². The van der Waals surface area contributed by atoms with E-state index in [1.54, 1.807) is 6.92 Å². The number of imidazole rings is 1. The molecule has 2 aromatic rings. The van der Waals surface area contributed by atoms with E-state index in [-0.39, 0.29) is 37.0 Å². The number of carbonyl (C=O) groups excluding carboxylic acids is 3. The van der Waals surface area contributed by atoms with Gasteiger partial charge in [-0.2, -0.15) is 4.98 Å². The molecule has 0 bridgehead atoms. The molecule has 2 saturated carbocycles. The fraction of sp³-hybridized carbons (Fsp3) is 0.600. The molecule has 4 N–H and O–H groups in total. The number of hydrogen-bond acceptors (Lipinski definition) is 8. The second-order valence-corrected chi connectivity index (χ2v) is 14.9. The number of rotatable bonds is 5. The number of carbonyl (C=O) groups is 3. The molecule has 1 saturated heterocycles. The van der Waals surface area contributed by atoms with Crippen molar-refractivity contribution in [3.63, 3.8) is 0 Å². The first-order chi connectivity index (χ1) is 20.0. The first-order valence-electron chi connectivity index (χ1n) is 14.9. The first-order valence-corrected chi connectivity index (χ1v) is 16.4. The normalized spacial score (nSPS) is 32.3. The van der Waals surface area contributed by atoms with E-state index in [0.717, 1.165) is 36.7 Å².